The number of rotatable bonds is 2. The van der Waals surface area contributed by atoms with Gasteiger partial charge in [-0.15, -0.1) is 0 Å². The molecular formula is C16H20O4. The molecule has 3 rings (SSSR count). The molecule has 1 heterocycles. The molecule has 0 atom stereocenters. The number of hydrogen-bond donors (Lipinski definition) is 1. The van der Waals surface area contributed by atoms with E-state index in [2.05, 4.69) is 0 Å². The van der Waals surface area contributed by atoms with E-state index in [0.29, 0.717) is 31.8 Å². The molecule has 1 aliphatic heterocycles. The molecule has 0 aromatic heterocycles. The van der Waals surface area contributed by atoms with Crippen LogP contribution >= 0.6 is 0 Å². The summed E-state index contributed by atoms with van der Waals surface area (Å²) >= 11 is 0. The van der Waals surface area contributed by atoms with Crippen LogP contribution in [0.25, 0.3) is 0 Å². The fourth-order valence-corrected chi connectivity index (χ4v) is 3.46. The molecule has 0 bridgehead atoms. The van der Waals surface area contributed by atoms with Gasteiger partial charge in [0.05, 0.1) is 5.41 Å². The maximum atomic E-state index is 11.9. The van der Waals surface area contributed by atoms with Gasteiger partial charge in [0, 0.05) is 0 Å². The summed E-state index contributed by atoms with van der Waals surface area (Å²) in [5.74, 6) is 0.703. The zero-order valence-electron chi connectivity index (χ0n) is 11.8. The topological polar surface area (TPSA) is 55.8 Å². The largest absolute Gasteiger partial charge is 0.486 e. The van der Waals surface area contributed by atoms with Gasteiger partial charge >= 0.3 is 5.97 Å². The molecule has 1 N–H and O–H groups in total. The van der Waals surface area contributed by atoms with Crippen LogP contribution in [0.2, 0.25) is 0 Å². The van der Waals surface area contributed by atoms with E-state index in [-0.39, 0.29) is 0 Å². The summed E-state index contributed by atoms with van der Waals surface area (Å²) in [6, 6.07) is 3.81. The van der Waals surface area contributed by atoms with Crippen LogP contribution in [0.1, 0.15) is 43.2 Å². The molecule has 4 heteroatoms. The summed E-state index contributed by atoms with van der Waals surface area (Å²) < 4.78 is 11.2. The van der Waals surface area contributed by atoms with E-state index in [1.807, 2.05) is 19.1 Å². The molecule has 0 spiro atoms. The van der Waals surface area contributed by atoms with E-state index < -0.39 is 11.4 Å². The van der Waals surface area contributed by atoms with Crippen LogP contribution in [0.15, 0.2) is 12.1 Å². The molecule has 1 saturated carbocycles. The molecule has 4 nitrogen and oxygen atoms in total. The van der Waals surface area contributed by atoms with Gasteiger partial charge in [-0.2, -0.15) is 0 Å². The van der Waals surface area contributed by atoms with Crippen molar-refractivity contribution in [3.63, 3.8) is 0 Å². The molecule has 1 aliphatic carbocycles. The highest BCUT2D eigenvalue weighted by atomic mass is 16.6. The smallest absolute Gasteiger partial charge is 0.314 e. The third-order valence-corrected chi connectivity index (χ3v) is 4.52. The van der Waals surface area contributed by atoms with Crippen molar-refractivity contribution in [3.05, 3.63) is 23.3 Å². The van der Waals surface area contributed by atoms with Crippen LogP contribution in [0.5, 0.6) is 11.5 Å². The Hall–Kier alpha value is -1.71. The predicted octanol–water partition coefficient (Wildman–Crippen LogP) is 3.05. The van der Waals surface area contributed by atoms with Crippen molar-refractivity contribution in [3.8, 4) is 11.5 Å². The lowest BCUT2D eigenvalue weighted by Gasteiger charge is -2.35. The number of carbonyl (C=O) groups is 1. The normalized spacial score (nSPS) is 20.4. The third-order valence-electron chi connectivity index (χ3n) is 4.52. The van der Waals surface area contributed by atoms with Crippen LogP contribution in [0.3, 0.4) is 0 Å². The first-order valence-electron chi connectivity index (χ1n) is 7.28. The van der Waals surface area contributed by atoms with Crippen molar-refractivity contribution in [2.75, 3.05) is 13.2 Å². The first-order valence-corrected chi connectivity index (χ1v) is 7.28. The summed E-state index contributed by atoms with van der Waals surface area (Å²) in [7, 11) is 0. The highest BCUT2D eigenvalue weighted by Gasteiger charge is 2.42. The van der Waals surface area contributed by atoms with Gasteiger partial charge in [0.25, 0.3) is 0 Å². The van der Waals surface area contributed by atoms with E-state index in [0.717, 1.165) is 36.1 Å². The van der Waals surface area contributed by atoms with Crippen LogP contribution in [-0.4, -0.2) is 24.3 Å². The summed E-state index contributed by atoms with van der Waals surface area (Å²) in [5.41, 5.74) is 1.13. The Morgan fingerprint density at radius 2 is 1.70 bits per heavy atom. The number of carboxylic acids is 1. The Kier molecular flexibility index (Phi) is 3.32. The summed E-state index contributed by atoms with van der Waals surface area (Å²) in [6.07, 6.45) is 4.49. The molecule has 108 valence electrons. The van der Waals surface area contributed by atoms with E-state index >= 15 is 0 Å². The van der Waals surface area contributed by atoms with Crippen molar-refractivity contribution in [1.82, 2.24) is 0 Å². The molecule has 1 aromatic carbocycles. The van der Waals surface area contributed by atoms with E-state index in [1.54, 1.807) is 0 Å². The van der Waals surface area contributed by atoms with Crippen LogP contribution in [0.4, 0.5) is 0 Å². The van der Waals surface area contributed by atoms with Gasteiger partial charge in [-0.25, -0.2) is 0 Å². The Morgan fingerprint density at radius 3 is 2.30 bits per heavy atom. The summed E-state index contributed by atoms with van der Waals surface area (Å²) in [4.78, 5) is 11.9. The molecular weight excluding hydrogens is 256 g/mol. The van der Waals surface area contributed by atoms with Crippen molar-refractivity contribution in [2.24, 2.45) is 0 Å². The number of benzene rings is 1. The molecule has 1 fully saturated rings. The van der Waals surface area contributed by atoms with E-state index in [1.165, 1.54) is 0 Å². The maximum absolute atomic E-state index is 11.9. The van der Waals surface area contributed by atoms with Crippen LogP contribution in [0, 0.1) is 6.92 Å². The average Bonchev–Trinajstić information content (AvgIpc) is 2.47. The number of fused-ring (bicyclic) bond motifs is 1. The van der Waals surface area contributed by atoms with Gasteiger partial charge < -0.3 is 14.6 Å². The lowest BCUT2D eigenvalue weighted by Crippen LogP contribution is -2.38. The minimum Gasteiger partial charge on any atom is -0.486 e. The fourth-order valence-electron chi connectivity index (χ4n) is 3.46. The second-order valence-corrected chi connectivity index (χ2v) is 5.76. The summed E-state index contributed by atoms with van der Waals surface area (Å²) in [5, 5.41) is 9.80. The zero-order valence-corrected chi connectivity index (χ0v) is 11.8. The molecule has 0 unspecified atom stereocenters. The lowest BCUT2D eigenvalue weighted by atomic mass is 9.68. The first kappa shape index (κ1) is 13.3. The van der Waals surface area contributed by atoms with Gasteiger partial charge in [0.15, 0.2) is 11.5 Å². The van der Waals surface area contributed by atoms with Crippen molar-refractivity contribution >= 4 is 5.97 Å². The maximum Gasteiger partial charge on any atom is 0.314 e. The molecule has 0 radical (unpaired) electrons. The van der Waals surface area contributed by atoms with Gasteiger partial charge in [0.1, 0.15) is 13.2 Å². The SMILES string of the molecule is Cc1cc2c(cc1C1(C(=O)O)CCCCC1)OCCO2. The number of aliphatic carboxylic acids is 1. The molecule has 2 aliphatic rings. The van der Waals surface area contributed by atoms with Gasteiger partial charge in [-0.05, 0) is 43.0 Å². The van der Waals surface area contributed by atoms with Gasteiger partial charge in [-0.1, -0.05) is 19.3 Å². The minimum absolute atomic E-state index is 0.523. The van der Waals surface area contributed by atoms with Crippen LogP contribution in [-0.2, 0) is 10.2 Å². The molecule has 0 saturated heterocycles. The predicted molar refractivity (Wildman–Crippen MR) is 74.6 cm³/mol. The molecule has 0 amide bonds. The number of ether oxygens (including phenoxy) is 2. The van der Waals surface area contributed by atoms with E-state index in [4.69, 9.17) is 9.47 Å². The summed E-state index contributed by atoms with van der Waals surface area (Å²) in [6.45, 7) is 3.04. The van der Waals surface area contributed by atoms with Gasteiger partial charge in [-0.3, -0.25) is 4.79 Å². The second kappa shape index (κ2) is 5.00. The second-order valence-electron chi connectivity index (χ2n) is 5.76. The number of hydrogen-bond acceptors (Lipinski definition) is 3. The lowest BCUT2D eigenvalue weighted by molar-refractivity contribution is -0.145. The number of aryl methyl sites for hydroxylation is 1. The van der Waals surface area contributed by atoms with Gasteiger partial charge in [0.2, 0.25) is 0 Å². The molecule has 1 aromatic rings. The zero-order chi connectivity index (χ0) is 14.2. The average molecular weight is 276 g/mol. The fraction of sp³-hybridized carbons (Fsp3) is 0.562. The number of carboxylic acid groups (broad SMARTS) is 1. The van der Waals surface area contributed by atoms with Crippen molar-refractivity contribution in [2.45, 2.75) is 44.4 Å². The Morgan fingerprint density at radius 1 is 1.10 bits per heavy atom. The quantitative estimate of drug-likeness (QED) is 0.902. The highest BCUT2D eigenvalue weighted by Crippen LogP contribution is 2.44. The Bertz CT molecular complexity index is 530. The first-order chi connectivity index (χ1) is 9.63. The minimum atomic E-state index is -0.752. The van der Waals surface area contributed by atoms with Crippen LogP contribution < -0.4 is 9.47 Å². The Labute approximate surface area is 118 Å². The molecule has 20 heavy (non-hydrogen) atoms. The monoisotopic (exact) mass is 276 g/mol. The van der Waals surface area contributed by atoms with Crippen molar-refractivity contribution < 1.29 is 19.4 Å². The third kappa shape index (κ3) is 2.03. The highest BCUT2D eigenvalue weighted by molar-refractivity contribution is 5.82. The Balaban J connectivity index is 2.09. The van der Waals surface area contributed by atoms with Crippen molar-refractivity contribution in [1.29, 1.82) is 0 Å². The standard InChI is InChI=1S/C16H20O4/c1-11-9-13-14(20-8-7-19-13)10-12(11)16(15(17)18)5-3-2-4-6-16/h9-10H,2-8H2,1H3,(H,17,18). The van der Waals surface area contributed by atoms with E-state index in [9.17, 15) is 9.90 Å².